The Kier molecular flexibility index (Phi) is 5.85. The highest BCUT2D eigenvalue weighted by Crippen LogP contribution is 2.28. The average Bonchev–Trinajstić information content (AvgIpc) is 2.36. The molecule has 0 radical (unpaired) electrons. The van der Waals surface area contributed by atoms with Crippen LogP contribution in [0.2, 0.25) is 0 Å². The number of hydrogen-bond acceptors (Lipinski definition) is 3. The number of rotatable bonds is 2. The van der Waals surface area contributed by atoms with E-state index >= 15 is 0 Å². The number of aromatic nitrogens is 1. The van der Waals surface area contributed by atoms with E-state index in [1.807, 2.05) is 4.98 Å². The van der Waals surface area contributed by atoms with E-state index in [0.717, 1.165) is 0 Å². The maximum Gasteiger partial charge on any atom is 0.417 e. The number of aromatic amines is 1. The van der Waals surface area contributed by atoms with Gasteiger partial charge in [0.25, 0.3) is 5.56 Å². The fourth-order valence-electron chi connectivity index (χ4n) is 1.44. The van der Waals surface area contributed by atoms with Crippen molar-refractivity contribution in [3.05, 3.63) is 33.7 Å². The molecule has 0 unspecified atom stereocenters. The van der Waals surface area contributed by atoms with Crippen molar-refractivity contribution in [2.24, 2.45) is 0 Å². The van der Waals surface area contributed by atoms with Crippen LogP contribution >= 0.6 is 0 Å². The molecule has 0 aliphatic carbocycles. The number of halogens is 3. The number of nitrogens with one attached hydrogen (secondary N) is 2. The van der Waals surface area contributed by atoms with Crippen LogP contribution in [0.15, 0.2) is 17.1 Å². The highest BCUT2D eigenvalue weighted by molar-refractivity contribution is 5.67. The van der Waals surface area contributed by atoms with Gasteiger partial charge in [0.1, 0.15) is 5.60 Å². The lowest BCUT2D eigenvalue weighted by molar-refractivity contribution is -0.137. The summed E-state index contributed by atoms with van der Waals surface area (Å²) in [6.07, 6.45) is -4.41. The number of hydrogen-bond donors (Lipinski definition) is 2. The SMILES string of the molecule is CC(C)(C)OC(=O)NCCC#Cc1cc(C(F)(F)F)c[nH]c1=O. The summed E-state index contributed by atoms with van der Waals surface area (Å²) in [6, 6.07) is 0.688. The number of carbonyl (C=O) groups is 1. The summed E-state index contributed by atoms with van der Waals surface area (Å²) in [5.41, 5.74) is -2.59. The second-order valence-electron chi connectivity index (χ2n) is 5.61. The molecule has 0 atom stereocenters. The molecule has 1 rings (SSSR count). The first-order valence-corrected chi connectivity index (χ1v) is 6.75. The fraction of sp³-hybridized carbons (Fsp3) is 0.467. The third-order valence-electron chi connectivity index (χ3n) is 2.37. The summed E-state index contributed by atoms with van der Waals surface area (Å²) in [5.74, 6) is 4.89. The molecule has 1 aromatic rings. The van der Waals surface area contributed by atoms with E-state index in [1.165, 1.54) is 0 Å². The fourth-order valence-corrected chi connectivity index (χ4v) is 1.44. The van der Waals surface area contributed by atoms with E-state index in [2.05, 4.69) is 17.2 Å². The minimum absolute atomic E-state index is 0.152. The quantitative estimate of drug-likeness (QED) is 0.647. The van der Waals surface area contributed by atoms with Crippen LogP contribution < -0.4 is 10.9 Å². The molecule has 2 N–H and O–H groups in total. The van der Waals surface area contributed by atoms with Gasteiger partial charge >= 0.3 is 12.3 Å². The van der Waals surface area contributed by atoms with Crippen LogP contribution in [0.4, 0.5) is 18.0 Å². The van der Waals surface area contributed by atoms with Crippen LogP contribution in [-0.4, -0.2) is 23.2 Å². The molecule has 1 heterocycles. The number of ether oxygens (including phenoxy) is 1. The van der Waals surface area contributed by atoms with Crippen LogP contribution in [0.25, 0.3) is 0 Å². The zero-order chi connectivity index (χ0) is 17.7. The standard InChI is InChI=1S/C15H17F3N2O3/c1-14(2,3)23-13(22)19-7-5-4-6-10-8-11(15(16,17)18)9-20-12(10)21/h8-9H,5,7H2,1-3H3,(H,19,22)(H,20,21). The second-order valence-corrected chi connectivity index (χ2v) is 5.61. The van der Waals surface area contributed by atoms with Gasteiger partial charge in [-0.15, -0.1) is 0 Å². The Hall–Kier alpha value is -2.43. The van der Waals surface area contributed by atoms with Crippen molar-refractivity contribution in [2.45, 2.75) is 39.0 Å². The van der Waals surface area contributed by atoms with E-state index in [0.29, 0.717) is 12.3 Å². The van der Waals surface area contributed by atoms with E-state index < -0.39 is 29.0 Å². The summed E-state index contributed by atoms with van der Waals surface area (Å²) < 4.78 is 42.6. The van der Waals surface area contributed by atoms with Crippen molar-refractivity contribution in [3.63, 3.8) is 0 Å². The van der Waals surface area contributed by atoms with Crippen LogP contribution in [0, 0.1) is 11.8 Å². The highest BCUT2D eigenvalue weighted by Gasteiger charge is 2.31. The molecule has 0 fully saturated rings. The van der Waals surface area contributed by atoms with Crippen molar-refractivity contribution in [1.82, 2.24) is 10.3 Å². The van der Waals surface area contributed by atoms with Gasteiger partial charge in [0, 0.05) is 19.2 Å². The van der Waals surface area contributed by atoms with Crippen LogP contribution in [0.1, 0.15) is 38.3 Å². The predicted octanol–water partition coefficient (Wildman–Crippen LogP) is 2.66. The Morgan fingerprint density at radius 2 is 2.00 bits per heavy atom. The summed E-state index contributed by atoms with van der Waals surface area (Å²) in [6.45, 7) is 5.30. The number of carbonyl (C=O) groups excluding carboxylic acids is 1. The molecule has 1 aromatic heterocycles. The first-order valence-electron chi connectivity index (χ1n) is 6.75. The Bertz CT molecular complexity index is 676. The third kappa shape index (κ3) is 6.91. The van der Waals surface area contributed by atoms with Gasteiger partial charge in [-0.1, -0.05) is 11.8 Å². The predicted molar refractivity (Wildman–Crippen MR) is 77.8 cm³/mol. The molecule has 0 saturated carbocycles. The Morgan fingerprint density at radius 3 is 2.57 bits per heavy atom. The van der Waals surface area contributed by atoms with E-state index in [-0.39, 0.29) is 18.5 Å². The normalized spacial score (nSPS) is 11.4. The Labute approximate surface area is 131 Å². The topological polar surface area (TPSA) is 71.2 Å². The summed E-state index contributed by atoms with van der Waals surface area (Å²) in [5, 5.41) is 2.45. The van der Waals surface area contributed by atoms with Gasteiger partial charge in [0.2, 0.25) is 0 Å². The molecular weight excluding hydrogens is 313 g/mol. The first-order chi connectivity index (χ1) is 10.5. The molecule has 0 spiro atoms. The lowest BCUT2D eigenvalue weighted by atomic mass is 10.2. The summed E-state index contributed by atoms with van der Waals surface area (Å²) in [7, 11) is 0. The monoisotopic (exact) mass is 330 g/mol. The molecule has 0 saturated heterocycles. The molecule has 5 nitrogen and oxygen atoms in total. The van der Waals surface area contributed by atoms with Crippen molar-refractivity contribution in [1.29, 1.82) is 0 Å². The van der Waals surface area contributed by atoms with Crippen LogP contribution in [0.3, 0.4) is 0 Å². The van der Waals surface area contributed by atoms with Crippen LogP contribution in [0.5, 0.6) is 0 Å². The van der Waals surface area contributed by atoms with Gasteiger partial charge in [-0.2, -0.15) is 13.2 Å². The number of H-pyrrole nitrogens is 1. The van der Waals surface area contributed by atoms with Gasteiger partial charge in [-0.3, -0.25) is 4.79 Å². The second kappa shape index (κ2) is 7.22. The lowest BCUT2D eigenvalue weighted by Gasteiger charge is -2.19. The minimum atomic E-state index is -4.56. The molecular formula is C15H17F3N2O3. The minimum Gasteiger partial charge on any atom is -0.444 e. The smallest absolute Gasteiger partial charge is 0.417 e. The molecule has 1 amide bonds. The summed E-state index contributed by atoms with van der Waals surface area (Å²) >= 11 is 0. The summed E-state index contributed by atoms with van der Waals surface area (Å²) in [4.78, 5) is 24.7. The van der Waals surface area contributed by atoms with Crippen molar-refractivity contribution < 1.29 is 22.7 Å². The average molecular weight is 330 g/mol. The molecule has 23 heavy (non-hydrogen) atoms. The largest absolute Gasteiger partial charge is 0.444 e. The van der Waals surface area contributed by atoms with Crippen LogP contribution in [-0.2, 0) is 10.9 Å². The molecule has 0 aliphatic rings. The molecule has 8 heteroatoms. The Balaban J connectivity index is 2.61. The zero-order valence-corrected chi connectivity index (χ0v) is 12.9. The molecule has 126 valence electrons. The van der Waals surface area contributed by atoms with Gasteiger partial charge < -0.3 is 15.0 Å². The zero-order valence-electron chi connectivity index (χ0n) is 12.9. The first kappa shape index (κ1) is 18.6. The van der Waals surface area contributed by atoms with Crippen molar-refractivity contribution in [3.8, 4) is 11.8 Å². The molecule has 0 aliphatic heterocycles. The van der Waals surface area contributed by atoms with Gasteiger partial charge in [-0.05, 0) is 26.8 Å². The molecule has 0 bridgehead atoms. The number of alkyl halides is 3. The third-order valence-corrected chi connectivity index (χ3v) is 2.37. The highest BCUT2D eigenvalue weighted by atomic mass is 19.4. The van der Waals surface area contributed by atoms with Gasteiger partial charge in [0.05, 0.1) is 11.1 Å². The van der Waals surface area contributed by atoms with Gasteiger partial charge in [0.15, 0.2) is 0 Å². The van der Waals surface area contributed by atoms with E-state index in [4.69, 9.17) is 4.74 Å². The number of pyridine rings is 1. The maximum absolute atomic E-state index is 12.5. The van der Waals surface area contributed by atoms with Gasteiger partial charge in [-0.25, -0.2) is 4.79 Å². The maximum atomic E-state index is 12.5. The lowest BCUT2D eigenvalue weighted by Crippen LogP contribution is -2.32. The van der Waals surface area contributed by atoms with E-state index in [1.54, 1.807) is 20.8 Å². The van der Waals surface area contributed by atoms with Crippen molar-refractivity contribution in [2.75, 3.05) is 6.54 Å². The number of amides is 1. The van der Waals surface area contributed by atoms with Crippen molar-refractivity contribution >= 4 is 6.09 Å². The Morgan fingerprint density at radius 1 is 1.35 bits per heavy atom. The van der Waals surface area contributed by atoms with E-state index in [9.17, 15) is 22.8 Å². The molecule has 0 aromatic carbocycles. The number of alkyl carbamates (subject to hydrolysis) is 1.